The molecule has 8 rings (SSSR count). The Hall–Kier alpha value is -3.95. The standard InChI is InChI=1S/C40H49ClN8O3/c1-51-31-13-21-45(26-31)18-4-11-36(50)49-24-23-47(25-30(49)12-17-42)38-32-14-22-46(35-10-3-8-29-7-2-9-33(41)37(29)35)27-34(32)43-39(44-38)52-28-40-15-5-19-48(40)20-6-16-40/h2-4,7-11,30-31H,5-6,12-16,18-28H2,1H3/b11-4+/t30-,31-/m0/s1. The van der Waals surface area contributed by atoms with Crippen LogP contribution >= 0.6 is 11.6 Å². The van der Waals surface area contributed by atoms with E-state index < -0.39 is 0 Å². The second-order valence-electron chi connectivity index (χ2n) is 15.1. The van der Waals surface area contributed by atoms with Gasteiger partial charge in [-0.1, -0.05) is 41.9 Å². The minimum atomic E-state index is -0.252. The number of benzene rings is 2. The van der Waals surface area contributed by atoms with Gasteiger partial charge in [-0.2, -0.15) is 15.2 Å². The fourth-order valence-corrected chi connectivity index (χ4v) is 9.57. The number of anilines is 2. The van der Waals surface area contributed by atoms with Crippen LogP contribution in [0.2, 0.25) is 5.02 Å². The van der Waals surface area contributed by atoms with Crippen LogP contribution in [0, 0.1) is 11.3 Å². The smallest absolute Gasteiger partial charge is 0.318 e. The van der Waals surface area contributed by atoms with Crippen molar-refractivity contribution in [2.24, 2.45) is 0 Å². The number of piperazine rings is 1. The van der Waals surface area contributed by atoms with E-state index in [2.05, 4.69) is 49.9 Å². The maximum absolute atomic E-state index is 13.5. The third-order valence-corrected chi connectivity index (χ3v) is 12.4. The maximum atomic E-state index is 13.5. The Labute approximate surface area is 311 Å². The molecule has 2 atom stereocenters. The lowest BCUT2D eigenvalue weighted by molar-refractivity contribution is -0.128. The molecular formula is C40H49ClN8O3. The minimum Gasteiger partial charge on any atom is -0.461 e. The third-order valence-electron chi connectivity index (χ3n) is 12.1. The molecule has 274 valence electrons. The summed E-state index contributed by atoms with van der Waals surface area (Å²) in [4.78, 5) is 35.1. The van der Waals surface area contributed by atoms with Gasteiger partial charge in [0.15, 0.2) is 0 Å². The van der Waals surface area contributed by atoms with E-state index in [9.17, 15) is 10.1 Å². The first kappa shape index (κ1) is 35.1. The van der Waals surface area contributed by atoms with Crippen molar-refractivity contribution in [3.8, 4) is 12.1 Å². The zero-order chi connectivity index (χ0) is 35.7. The molecule has 0 saturated carbocycles. The van der Waals surface area contributed by atoms with Crippen LogP contribution in [0.5, 0.6) is 6.01 Å². The van der Waals surface area contributed by atoms with Crippen LogP contribution in [-0.4, -0.2) is 121 Å². The molecule has 3 aromatic rings. The second-order valence-corrected chi connectivity index (χ2v) is 15.5. The molecule has 4 saturated heterocycles. The van der Waals surface area contributed by atoms with Crippen molar-refractivity contribution in [2.75, 3.05) is 82.4 Å². The molecule has 5 aliphatic heterocycles. The number of halogens is 1. The molecule has 2 aromatic carbocycles. The number of aromatic nitrogens is 2. The summed E-state index contributed by atoms with van der Waals surface area (Å²) < 4.78 is 12.1. The lowest BCUT2D eigenvalue weighted by Crippen LogP contribution is -2.55. The highest BCUT2D eigenvalue weighted by molar-refractivity contribution is 6.36. The van der Waals surface area contributed by atoms with Crippen molar-refractivity contribution in [3.63, 3.8) is 0 Å². The van der Waals surface area contributed by atoms with Gasteiger partial charge in [0.1, 0.15) is 12.4 Å². The van der Waals surface area contributed by atoms with Crippen molar-refractivity contribution in [2.45, 2.75) is 69.2 Å². The number of carbonyl (C=O) groups is 1. The average molecular weight is 725 g/mol. The van der Waals surface area contributed by atoms with Gasteiger partial charge in [0.05, 0.1) is 47.4 Å². The van der Waals surface area contributed by atoms with E-state index in [-0.39, 0.29) is 30.0 Å². The van der Waals surface area contributed by atoms with Crippen molar-refractivity contribution in [1.82, 2.24) is 24.7 Å². The van der Waals surface area contributed by atoms with Crippen LogP contribution in [0.15, 0.2) is 48.6 Å². The van der Waals surface area contributed by atoms with E-state index in [1.807, 2.05) is 23.1 Å². The summed E-state index contributed by atoms with van der Waals surface area (Å²) in [5.41, 5.74) is 3.24. The second kappa shape index (κ2) is 15.2. The molecule has 0 aliphatic carbocycles. The molecule has 5 aliphatic rings. The van der Waals surface area contributed by atoms with Gasteiger partial charge < -0.3 is 24.2 Å². The predicted octanol–water partition coefficient (Wildman–Crippen LogP) is 5.06. The van der Waals surface area contributed by atoms with Crippen LogP contribution in [-0.2, 0) is 22.5 Å². The molecule has 4 fully saturated rings. The molecule has 1 amide bonds. The van der Waals surface area contributed by atoms with Gasteiger partial charge in [-0.05, 0) is 69.1 Å². The van der Waals surface area contributed by atoms with Crippen LogP contribution in [0.25, 0.3) is 10.8 Å². The molecule has 0 spiro atoms. The minimum absolute atomic E-state index is 0.0440. The topological polar surface area (TPSA) is 101 Å². The molecule has 1 aromatic heterocycles. The number of hydrogen-bond acceptors (Lipinski definition) is 10. The fourth-order valence-electron chi connectivity index (χ4n) is 9.29. The zero-order valence-corrected chi connectivity index (χ0v) is 30.9. The van der Waals surface area contributed by atoms with Gasteiger partial charge in [0.25, 0.3) is 0 Å². The number of nitrogens with zero attached hydrogens (tertiary/aromatic N) is 8. The predicted molar refractivity (Wildman–Crippen MR) is 203 cm³/mol. The van der Waals surface area contributed by atoms with E-state index in [0.29, 0.717) is 45.3 Å². The Morgan fingerprint density at radius 2 is 1.87 bits per heavy atom. The molecule has 0 N–H and O–H groups in total. The fraction of sp³-hybridized carbons (Fsp3) is 0.550. The van der Waals surface area contributed by atoms with Crippen molar-refractivity contribution >= 4 is 39.8 Å². The number of fused-ring (bicyclic) bond motifs is 3. The Balaban J connectivity index is 1.05. The molecule has 12 heteroatoms. The Kier molecular flexibility index (Phi) is 10.3. The summed E-state index contributed by atoms with van der Waals surface area (Å²) in [7, 11) is 1.75. The Morgan fingerprint density at radius 3 is 2.65 bits per heavy atom. The van der Waals surface area contributed by atoms with Gasteiger partial charge in [0, 0.05) is 75.6 Å². The van der Waals surface area contributed by atoms with E-state index in [4.69, 9.17) is 31.0 Å². The Morgan fingerprint density at radius 1 is 1.04 bits per heavy atom. The van der Waals surface area contributed by atoms with Crippen LogP contribution < -0.4 is 14.5 Å². The van der Waals surface area contributed by atoms with Crippen LogP contribution in [0.3, 0.4) is 0 Å². The summed E-state index contributed by atoms with van der Waals surface area (Å²) >= 11 is 6.78. The number of amides is 1. The number of hydrogen-bond donors (Lipinski definition) is 0. The number of ether oxygens (including phenoxy) is 2. The SMILES string of the molecule is CO[C@H]1CCN(C/C=C/C(=O)N2CCN(c3nc(OCC45CCCN4CCC5)nc4c3CCN(c3cccc5cccc(Cl)c35)C4)C[C@@H]2CC#N)C1. The number of likely N-dealkylation sites (tertiary alicyclic amines) is 1. The van der Waals surface area contributed by atoms with Crippen molar-refractivity contribution < 1.29 is 14.3 Å². The molecule has 0 unspecified atom stereocenters. The number of rotatable bonds is 10. The average Bonchev–Trinajstić information content (AvgIpc) is 3.90. The normalized spacial score (nSPS) is 23.4. The third kappa shape index (κ3) is 6.94. The summed E-state index contributed by atoms with van der Waals surface area (Å²) in [6.07, 6.45) is 10.6. The quantitative estimate of drug-likeness (QED) is 0.264. The van der Waals surface area contributed by atoms with E-state index >= 15 is 0 Å². The summed E-state index contributed by atoms with van der Waals surface area (Å²) in [6, 6.07) is 14.9. The molecule has 11 nitrogen and oxygen atoms in total. The lowest BCUT2D eigenvalue weighted by Gasteiger charge is -2.42. The van der Waals surface area contributed by atoms with Crippen LogP contribution in [0.1, 0.15) is 49.8 Å². The number of carbonyl (C=O) groups excluding carboxylic acids is 1. The first-order valence-electron chi connectivity index (χ1n) is 19.0. The highest BCUT2D eigenvalue weighted by Gasteiger charge is 2.45. The Bertz CT molecular complexity index is 1850. The molecule has 0 bridgehead atoms. The summed E-state index contributed by atoms with van der Waals surface area (Å²) in [5.74, 6) is 0.826. The number of methoxy groups -OCH3 is 1. The lowest BCUT2D eigenvalue weighted by atomic mass is 9.95. The van der Waals surface area contributed by atoms with E-state index in [0.717, 1.165) is 97.0 Å². The first-order valence-corrected chi connectivity index (χ1v) is 19.4. The van der Waals surface area contributed by atoms with Crippen LogP contribution in [0.4, 0.5) is 11.5 Å². The number of nitriles is 1. The van der Waals surface area contributed by atoms with Gasteiger partial charge >= 0.3 is 6.01 Å². The molecule has 52 heavy (non-hydrogen) atoms. The monoisotopic (exact) mass is 724 g/mol. The van der Waals surface area contributed by atoms with Gasteiger partial charge in [-0.25, -0.2) is 0 Å². The molecular weight excluding hydrogens is 676 g/mol. The van der Waals surface area contributed by atoms with Gasteiger partial charge in [0.2, 0.25) is 5.91 Å². The molecule has 0 radical (unpaired) electrons. The van der Waals surface area contributed by atoms with Crippen molar-refractivity contribution in [1.29, 1.82) is 5.26 Å². The first-order chi connectivity index (χ1) is 25.4. The highest BCUT2D eigenvalue weighted by atomic mass is 35.5. The summed E-state index contributed by atoms with van der Waals surface area (Å²) in [6.45, 7) is 8.47. The van der Waals surface area contributed by atoms with Gasteiger partial charge in [-0.3, -0.25) is 14.6 Å². The van der Waals surface area contributed by atoms with E-state index in [1.54, 1.807) is 13.2 Å². The summed E-state index contributed by atoms with van der Waals surface area (Å²) in [5, 5.41) is 12.8. The zero-order valence-electron chi connectivity index (χ0n) is 30.2. The highest BCUT2D eigenvalue weighted by Crippen LogP contribution is 2.40. The van der Waals surface area contributed by atoms with Crippen molar-refractivity contribution in [3.05, 3.63) is 64.8 Å². The largest absolute Gasteiger partial charge is 0.461 e. The van der Waals surface area contributed by atoms with Gasteiger partial charge in [-0.15, -0.1) is 0 Å². The maximum Gasteiger partial charge on any atom is 0.318 e. The molecule has 6 heterocycles. The van der Waals surface area contributed by atoms with E-state index in [1.165, 1.54) is 12.8 Å².